The number of hydrogen-bond acceptors (Lipinski definition) is 8. The van der Waals surface area contributed by atoms with Crippen LogP contribution in [0.2, 0.25) is 0 Å². The maximum Gasteiger partial charge on any atom is 0.338 e. The van der Waals surface area contributed by atoms with Crippen LogP contribution in [0.4, 0.5) is 0 Å². The van der Waals surface area contributed by atoms with Gasteiger partial charge in [-0.3, -0.25) is 0 Å². The zero-order chi connectivity index (χ0) is 21.2. The molecule has 4 aliphatic heterocycles. The van der Waals surface area contributed by atoms with Crippen molar-refractivity contribution in [2.75, 3.05) is 7.11 Å². The van der Waals surface area contributed by atoms with Crippen molar-refractivity contribution in [2.45, 2.75) is 55.5 Å². The summed E-state index contributed by atoms with van der Waals surface area (Å²) in [6, 6.07) is 18.2. The maximum absolute atomic E-state index is 12.8. The van der Waals surface area contributed by atoms with E-state index in [1.807, 2.05) is 36.4 Å². The predicted octanol–water partition coefficient (Wildman–Crippen LogP) is 2.32. The third-order valence-electron chi connectivity index (χ3n) is 6.27. The second-order valence-electron chi connectivity index (χ2n) is 8.14. The first-order chi connectivity index (χ1) is 15.0. The van der Waals surface area contributed by atoms with E-state index >= 15 is 0 Å². The Morgan fingerprint density at radius 2 is 1.29 bits per heavy atom. The summed E-state index contributed by atoms with van der Waals surface area (Å²) in [6.45, 7) is 1.68. The molecular weight excluding hydrogens is 404 g/mol. The Hall–Kier alpha value is -2.33. The van der Waals surface area contributed by atoms with Crippen molar-refractivity contribution in [3.8, 4) is 0 Å². The number of rotatable bonds is 4. The minimum absolute atomic E-state index is 0.444. The molecule has 8 heteroatoms. The molecule has 1 aliphatic carbocycles. The Labute approximate surface area is 178 Å². The van der Waals surface area contributed by atoms with E-state index in [0.29, 0.717) is 5.56 Å². The van der Waals surface area contributed by atoms with Gasteiger partial charge in [-0.25, -0.2) is 4.79 Å². The molecule has 4 saturated heterocycles. The van der Waals surface area contributed by atoms with Gasteiger partial charge in [-0.1, -0.05) is 48.5 Å². The van der Waals surface area contributed by atoms with Crippen LogP contribution in [-0.2, 0) is 39.1 Å². The Kier molecular flexibility index (Phi) is 4.27. The Morgan fingerprint density at radius 1 is 0.774 bits per heavy atom. The van der Waals surface area contributed by atoms with Gasteiger partial charge < -0.3 is 33.2 Å². The van der Waals surface area contributed by atoms with Gasteiger partial charge in [0.1, 0.15) is 30.5 Å². The summed E-state index contributed by atoms with van der Waals surface area (Å²) in [6.07, 6.45) is -3.57. The second kappa shape index (κ2) is 6.83. The summed E-state index contributed by atoms with van der Waals surface area (Å²) in [5, 5.41) is 0. The summed E-state index contributed by atoms with van der Waals surface area (Å²) in [7, 11) is 1.50. The first kappa shape index (κ1) is 19.4. The van der Waals surface area contributed by atoms with E-state index < -0.39 is 54.5 Å². The first-order valence-electron chi connectivity index (χ1n) is 10.3. The number of methoxy groups -OCH3 is 1. The van der Waals surface area contributed by atoms with Gasteiger partial charge in [0.25, 0.3) is 5.97 Å². The van der Waals surface area contributed by atoms with Crippen LogP contribution in [-0.4, -0.2) is 55.7 Å². The standard InChI is InChI=1S/C23H22O8/c1-22(25-2)27-18-16-15(26-21(24)13-9-5-3-6-10-13)17-19(28-22)20(18)31-23(29-16,30-17)14-11-7-4-8-12-14/h3-12,15-20H,1-2H3/t15?,16-,17+,18+,19-,20?,22?,23?. The zero-order valence-corrected chi connectivity index (χ0v) is 17.0. The molecule has 1 saturated carbocycles. The first-order valence-corrected chi connectivity index (χ1v) is 10.3. The molecular formula is C23H22O8. The fourth-order valence-electron chi connectivity index (χ4n) is 4.78. The van der Waals surface area contributed by atoms with Gasteiger partial charge in [-0.15, -0.1) is 0 Å². The number of carbonyl (C=O) groups excluding carboxylic acids is 1. The molecule has 0 aromatic heterocycles. The van der Waals surface area contributed by atoms with Crippen molar-refractivity contribution in [1.29, 1.82) is 0 Å². The Balaban J connectivity index is 1.37. The average Bonchev–Trinajstić information content (AvgIpc) is 2.81. The summed E-state index contributed by atoms with van der Waals surface area (Å²) >= 11 is 0. The number of ether oxygens (including phenoxy) is 7. The Bertz CT molecular complexity index is 956. The highest BCUT2D eigenvalue weighted by Gasteiger charge is 2.73. The monoisotopic (exact) mass is 426 g/mol. The largest absolute Gasteiger partial charge is 0.453 e. The molecule has 0 radical (unpaired) electrons. The molecule has 162 valence electrons. The molecule has 2 aromatic carbocycles. The highest BCUT2D eigenvalue weighted by atomic mass is 17.0. The maximum atomic E-state index is 12.8. The summed E-state index contributed by atoms with van der Waals surface area (Å²) in [4.78, 5) is 12.8. The minimum atomic E-state index is -1.41. The smallest absolute Gasteiger partial charge is 0.338 e. The summed E-state index contributed by atoms with van der Waals surface area (Å²) in [5.74, 6) is -3.15. The van der Waals surface area contributed by atoms with Crippen molar-refractivity contribution < 1.29 is 38.0 Å². The quantitative estimate of drug-likeness (QED) is 0.689. The van der Waals surface area contributed by atoms with Crippen molar-refractivity contribution in [2.24, 2.45) is 0 Å². The lowest BCUT2D eigenvalue weighted by Crippen LogP contribution is -2.82. The fraction of sp³-hybridized carbons (Fsp3) is 0.435. The molecule has 0 spiro atoms. The summed E-state index contributed by atoms with van der Waals surface area (Å²) < 4.78 is 42.4. The normalized spacial score (nSPS) is 42.4. The van der Waals surface area contributed by atoms with Crippen LogP contribution in [0, 0.1) is 0 Å². The number of benzene rings is 2. The van der Waals surface area contributed by atoms with Crippen LogP contribution in [0.25, 0.3) is 0 Å². The van der Waals surface area contributed by atoms with Crippen LogP contribution in [0.3, 0.4) is 0 Å². The number of hydrogen-bond donors (Lipinski definition) is 0. The minimum Gasteiger partial charge on any atom is -0.453 e. The lowest BCUT2D eigenvalue weighted by Gasteiger charge is -2.65. The fourth-order valence-corrected chi connectivity index (χ4v) is 4.78. The van der Waals surface area contributed by atoms with E-state index in [0.717, 1.165) is 5.56 Å². The molecule has 7 rings (SSSR count). The molecule has 0 amide bonds. The van der Waals surface area contributed by atoms with E-state index in [1.54, 1.807) is 31.2 Å². The predicted molar refractivity (Wildman–Crippen MR) is 104 cm³/mol. The molecule has 4 heterocycles. The SMILES string of the molecule is COC1(C)O[C@@H]2C3OC4(c5ccccc5)O[C@@H]2C(OC(=O)c2ccccc2)[C@H](O4)[C@H]3O1. The molecule has 2 aromatic rings. The van der Waals surface area contributed by atoms with E-state index in [2.05, 4.69) is 0 Å². The lowest BCUT2D eigenvalue weighted by molar-refractivity contribution is -0.595. The van der Waals surface area contributed by atoms with Crippen molar-refractivity contribution >= 4 is 5.97 Å². The van der Waals surface area contributed by atoms with Crippen LogP contribution < -0.4 is 0 Å². The van der Waals surface area contributed by atoms with Gasteiger partial charge in [0, 0.05) is 19.6 Å². The van der Waals surface area contributed by atoms with Crippen LogP contribution in [0.15, 0.2) is 60.7 Å². The topological polar surface area (TPSA) is 81.7 Å². The van der Waals surface area contributed by atoms with Gasteiger partial charge in [0.2, 0.25) is 0 Å². The average molecular weight is 426 g/mol. The van der Waals surface area contributed by atoms with E-state index in [1.165, 1.54) is 7.11 Å². The van der Waals surface area contributed by atoms with Gasteiger partial charge >= 0.3 is 11.9 Å². The van der Waals surface area contributed by atoms with Gasteiger partial charge in [-0.2, -0.15) is 0 Å². The van der Waals surface area contributed by atoms with Crippen molar-refractivity contribution in [3.63, 3.8) is 0 Å². The van der Waals surface area contributed by atoms with Gasteiger partial charge in [-0.05, 0) is 12.1 Å². The summed E-state index contributed by atoms with van der Waals surface area (Å²) in [5.41, 5.74) is 1.16. The van der Waals surface area contributed by atoms with Crippen molar-refractivity contribution in [3.05, 3.63) is 71.8 Å². The molecule has 5 fully saturated rings. The zero-order valence-electron chi connectivity index (χ0n) is 17.0. The molecule has 31 heavy (non-hydrogen) atoms. The molecule has 8 nitrogen and oxygen atoms in total. The van der Waals surface area contributed by atoms with E-state index in [4.69, 9.17) is 33.2 Å². The second-order valence-corrected chi connectivity index (χ2v) is 8.14. The van der Waals surface area contributed by atoms with E-state index in [-0.39, 0.29) is 0 Å². The number of carbonyl (C=O) groups is 1. The molecule has 4 unspecified atom stereocenters. The molecule has 6 bridgehead atoms. The van der Waals surface area contributed by atoms with Gasteiger partial charge in [0.15, 0.2) is 6.10 Å². The third kappa shape index (κ3) is 2.87. The van der Waals surface area contributed by atoms with Crippen LogP contribution in [0.5, 0.6) is 0 Å². The molecule has 5 aliphatic rings. The van der Waals surface area contributed by atoms with Gasteiger partial charge in [0.05, 0.1) is 5.56 Å². The van der Waals surface area contributed by atoms with Crippen LogP contribution in [0.1, 0.15) is 22.8 Å². The highest BCUT2D eigenvalue weighted by Crippen LogP contribution is 2.55. The van der Waals surface area contributed by atoms with Crippen LogP contribution >= 0.6 is 0 Å². The molecule has 8 atom stereocenters. The van der Waals surface area contributed by atoms with E-state index in [9.17, 15) is 4.79 Å². The lowest BCUT2D eigenvalue weighted by atomic mass is 9.80. The number of esters is 1. The highest BCUT2D eigenvalue weighted by molar-refractivity contribution is 5.89. The van der Waals surface area contributed by atoms with Crippen molar-refractivity contribution in [1.82, 2.24) is 0 Å². The Morgan fingerprint density at radius 3 is 1.87 bits per heavy atom. The third-order valence-corrected chi connectivity index (χ3v) is 6.27. The molecule has 0 N–H and O–H groups in total.